The number of H-pyrrole nitrogens is 1. The van der Waals surface area contributed by atoms with Crippen LogP contribution in [-0.4, -0.2) is 22.5 Å². The van der Waals surface area contributed by atoms with Crippen molar-refractivity contribution in [3.63, 3.8) is 0 Å². The van der Waals surface area contributed by atoms with Crippen molar-refractivity contribution in [3.05, 3.63) is 51.4 Å². The van der Waals surface area contributed by atoms with Crippen LogP contribution in [0.5, 0.6) is 5.75 Å². The van der Waals surface area contributed by atoms with Gasteiger partial charge in [-0.3, -0.25) is 14.9 Å². The van der Waals surface area contributed by atoms with Crippen LogP contribution in [0.25, 0.3) is 10.2 Å². The molecule has 2 N–H and O–H groups in total. The molecule has 3 rings (SSSR count). The lowest BCUT2D eigenvalue weighted by Gasteiger charge is -2.04. The maximum absolute atomic E-state index is 12.2. The normalized spacial score (nSPS) is 10.7. The number of aromatic amines is 1. The quantitative estimate of drug-likeness (QED) is 0.757. The molecule has 0 aliphatic carbocycles. The Bertz CT molecular complexity index is 935. The van der Waals surface area contributed by atoms with Crippen LogP contribution in [0.2, 0.25) is 5.02 Å². The molecule has 0 radical (unpaired) electrons. The van der Waals surface area contributed by atoms with Gasteiger partial charge in [0.05, 0.1) is 16.8 Å². The van der Waals surface area contributed by atoms with Crippen LogP contribution in [0.1, 0.15) is 17.4 Å². The first-order valence-corrected chi connectivity index (χ1v) is 7.99. The van der Waals surface area contributed by atoms with Gasteiger partial charge in [0.15, 0.2) is 10.9 Å². The number of fused-ring (bicyclic) bond motifs is 1. The number of rotatable bonds is 4. The minimum Gasteiger partial charge on any atom is -0.488 e. The topological polar surface area (TPSA) is 84.1 Å². The number of anilines is 1. The Balaban J connectivity index is 1.82. The van der Waals surface area contributed by atoms with Gasteiger partial charge >= 0.3 is 0 Å². The van der Waals surface area contributed by atoms with E-state index in [9.17, 15) is 9.59 Å². The van der Waals surface area contributed by atoms with Gasteiger partial charge in [-0.25, -0.2) is 4.98 Å². The first-order chi connectivity index (χ1) is 11.1. The van der Waals surface area contributed by atoms with Crippen molar-refractivity contribution < 1.29 is 9.53 Å². The summed E-state index contributed by atoms with van der Waals surface area (Å²) in [5, 5.41) is 3.70. The maximum Gasteiger partial charge on any atom is 0.273 e. The number of pyridine rings is 1. The van der Waals surface area contributed by atoms with Gasteiger partial charge in [0.2, 0.25) is 5.43 Å². The number of carbonyl (C=O) groups excluding carboxylic acids is 1. The molecular weight excluding hydrogens is 338 g/mol. The van der Waals surface area contributed by atoms with Crippen molar-refractivity contribution in [3.8, 4) is 5.75 Å². The average molecular weight is 350 g/mol. The third-order valence-corrected chi connectivity index (χ3v) is 4.16. The second-order valence-corrected chi connectivity index (χ2v) is 6.06. The number of amides is 1. The van der Waals surface area contributed by atoms with E-state index < -0.39 is 5.91 Å². The number of halogens is 1. The van der Waals surface area contributed by atoms with E-state index in [1.54, 1.807) is 25.1 Å². The second kappa shape index (κ2) is 6.39. The molecule has 0 spiro atoms. The highest BCUT2D eigenvalue weighted by Crippen LogP contribution is 2.28. The fourth-order valence-electron chi connectivity index (χ4n) is 1.97. The van der Waals surface area contributed by atoms with Gasteiger partial charge in [-0.15, -0.1) is 0 Å². The molecule has 1 amide bonds. The lowest BCUT2D eigenvalue weighted by Crippen LogP contribution is -2.17. The standard InChI is InChI=1S/C15H12ClN3O3S/c1-2-22-12-7-17-10(6-11(12)20)14(21)19-15-18-9-4-3-8(16)5-13(9)23-15/h3-7H,2H2,1H3,(H,17,20)(H,18,19,21). The minimum atomic E-state index is -0.449. The fourth-order valence-corrected chi connectivity index (χ4v) is 3.11. The van der Waals surface area contributed by atoms with Gasteiger partial charge in [0, 0.05) is 17.3 Å². The number of hydrogen-bond acceptors (Lipinski definition) is 5. The molecule has 0 saturated heterocycles. The summed E-state index contributed by atoms with van der Waals surface area (Å²) in [5.41, 5.74) is 0.525. The Morgan fingerprint density at radius 1 is 1.43 bits per heavy atom. The Hall–Kier alpha value is -2.38. The zero-order valence-corrected chi connectivity index (χ0v) is 13.6. The number of thiazole rings is 1. The SMILES string of the molecule is CCOc1c[nH]c(C(=O)Nc2nc3ccc(Cl)cc3s2)cc1=O. The van der Waals surface area contributed by atoms with Crippen molar-refractivity contribution in [2.24, 2.45) is 0 Å². The number of nitrogens with one attached hydrogen (secondary N) is 2. The maximum atomic E-state index is 12.2. The van der Waals surface area contributed by atoms with Gasteiger partial charge in [-0.1, -0.05) is 22.9 Å². The van der Waals surface area contributed by atoms with Crippen molar-refractivity contribution >= 4 is 44.2 Å². The molecule has 23 heavy (non-hydrogen) atoms. The van der Waals surface area contributed by atoms with Crippen LogP contribution in [-0.2, 0) is 0 Å². The number of ether oxygens (including phenoxy) is 1. The van der Waals surface area contributed by atoms with Crippen LogP contribution in [0.3, 0.4) is 0 Å². The highest BCUT2D eigenvalue weighted by atomic mass is 35.5. The fraction of sp³-hybridized carbons (Fsp3) is 0.133. The summed E-state index contributed by atoms with van der Waals surface area (Å²) in [6.07, 6.45) is 1.37. The zero-order valence-electron chi connectivity index (χ0n) is 12.1. The molecular formula is C15H12ClN3O3S. The Kier molecular flexibility index (Phi) is 4.31. The van der Waals surface area contributed by atoms with Crippen molar-refractivity contribution in [1.82, 2.24) is 9.97 Å². The van der Waals surface area contributed by atoms with E-state index in [4.69, 9.17) is 16.3 Å². The molecule has 0 aliphatic heterocycles. The number of carbonyl (C=O) groups is 1. The average Bonchev–Trinajstić information content (AvgIpc) is 2.90. The first kappa shape index (κ1) is 15.5. The first-order valence-electron chi connectivity index (χ1n) is 6.80. The van der Waals surface area contributed by atoms with Gasteiger partial charge in [-0.05, 0) is 25.1 Å². The smallest absolute Gasteiger partial charge is 0.273 e. The minimum absolute atomic E-state index is 0.135. The summed E-state index contributed by atoms with van der Waals surface area (Å²) < 4.78 is 6.01. The molecule has 3 aromatic rings. The summed E-state index contributed by atoms with van der Waals surface area (Å²) in [5.74, 6) is -0.269. The molecule has 6 nitrogen and oxygen atoms in total. The molecule has 1 aromatic carbocycles. The van der Waals surface area contributed by atoms with Crippen molar-refractivity contribution in [2.45, 2.75) is 6.92 Å². The van der Waals surface area contributed by atoms with Gasteiger partial charge < -0.3 is 9.72 Å². The van der Waals surface area contributed by atoms with E-state index >= 15 is 0 Å². The molecule has 118 valence electrons. The third-order valence-electron chi connectivity index (χ3n) is 2.99. The predicted molar refractivity (Wildman–Crippen MR) is 90.8 cm³/mol. The number of aromatic nitrogens is 2. The highest BCUT2D eigenvalue weighted by molar-refractivity contribution is 7.22. The van der Waals surface area contributed by atoms with Gasteiger partial charge in [-0.2, -0.15) is 0 Å². The monoisotopic (exact) mass is 349 g/mol. The lowest BCUT2D eigenvalue weighted by molar-refractivity contribution is 0.102. The molecule has 2 aromatic heterocycles. The van der Waals surface area contributed by atoms with E-state index in [0.717, 1.165) is 10.2 Å². The highest BCUT2D eigenvalue weighted by Gasteiger charge is 2.12. The van der Waals surface area contributed by atoms with Crippen molar-refractivity contribution in [2.75, 3.05) is 11.9 Å². The van der Waals surface area contributed by atoms with E-state index in [1.807, 2.05) is 0 Å². The van der Waals surface area contributed by atoms with Crippen LogP contribution < -0.4 is 15.5 Å². The van der Waals surface area contributed by atoms with E-state index in [-0.39, 0.29) is 16.9 Å². The largest absolute Gasteiger partial charge is 0.488 e. The van der Waals surface area contributed by atoms with Crippen LogP contribution >= 0.6 is 22.9 Å². The summed E-state index contributed by atoms with van der Waals surface area (Å²) in [7, 11) is 0. The Morgan fingerprint density at radius 3 is 3.00 bits per heavy atom. The summed E-state index contributed by atoms with van der Waals surface area (Å²) >= 11 is 7.23. The number of nitrogens with zero attached hydrogens (tertiary/aromatic N) is 1. The van der Waals surface area contributed by atoms with Gasteiger partial charge in [0.1, 0.15) is 5.69 Å². The van der Waals surface area contributed by atoms with E-state index in [0.29, 0.717) is 16.8 Å². The van der Waals surface area contributed by atoms with E-state index in [2.05, 4.69) is 15.3 Å². The number of benzene rings is 1. The van der Waals surface area contributed by atoms with Gasteiger partial charge in [0.25, 0.3) is 5.91 Å². The summed E-state index contributed by atoms with van der Waals surface area (Å²) in [6, 6.07) is 6.50. The lowest BCUT2D eigenvalue weighted by atomic mass is 10.3. The van der Waals surface area contributed by atoms with E-state index in [1.165, 1.54) is 23.6 Å². The third kappa shape index (κ3) is 3.35. The molecule has 0 atom stereocenters. The molecule has 2 heterocycles. The summed E-state index contributed by atoms with van der Waals surface area (Å²) in [4.78, 5) is 31.1. The summed E-state index contributed by atoms with van der Waals surface area (Å²) in [6.45, 7) is 2.16. The second-order valence-electron chi connectivity index (χ2n) is 4.59. The van der Waals surface area contributed by atoms with Crippen LogP contribution in [0.15, 0.2) is 35.3 Å². The predicted octanol–water partition coefficient (Wildman–Crippen LogP) is 3.29. The molecule has 0 aliphatic rings. The molecule has 0 saturated carbocycles. The Morgan fingerprint density at radius 2 is 2.26 bits per heavy atom. The zero-order chi connectivity index (χ0) is 16.4. The van der Waals surface area contributed by atoms with Crippen LogP contribution in [0.4, 0.5) is 5.13 Å². The molecule has 0 unspecified atom stereocenters. The van der Waals surface area contributed by atoms with Crippen LogP contribution in [0, 0.1) is 0 Å². The number of hydrogen-bond donors (Lipinski definition) is 2. The molecule has 8 heteroatoms. The molecule has 0 fully saturated rings. The Labute approximate surface area is 140 Å². The van der Waals surface area contributed by atoms with Crippen molar-refractivity contribution in [1.29, 1.82) is 0 Å². The molecule has 0 bridgehead atoms.